The number of rotatable bonds is 7. The molecule has 7 nitrogen and oxygen atoms in total. The minimum absolute atomic E-state index is 0.0915. The quantitative estimate of drug-likeness (QED) is 0.612. The van der Waals surface area contributed by atoms with Crippen LogP contribution in [0.25, 0.3) is 0 Å². The van der Waals surface area contributed by atoms with Gasteiger partial charge >= 0.3 is 6.01 Å². The second-order valence-corrected chi connectivity index (χ2v) is 7.19. The van der Waals surface area contributed by atoms with Crippen LogP contribution in [0, 0.1) is 13.8 Å². The lowest BCUT2D eigenvalue weighted by Crippen LogP contribution is -2.18. The molecule has 0 aliphatic carbocycles. The summed E-state index contributed by atoms with van der Waals surface area (Å²) in [6.07, 6.45) is 2.15. The van der Waals surface area contributed by atoms with Crippen LogP contribution >= 0.6 is 0 Å². The smallest absolute Gasteiger partial charge is 0.323 e. The van der Waals surface area contributed by atoms with Crippen molar-refractivity contribution in [2.75, 3.05) is 23.8 Å². The standard InChI is InChI=1S/C22H25N5O2/c1-15-5-9-17(10-6-15)23-20-25-21(24-18-11-7-16(2)8-12-18)27-22(26-20)29-14-19-4-3-13-28-19/h5-12,19H,3-4,13-14H2,1-2H3,(H2,23,24,25,26,27)/t19-/m0/s1. The van der Waals surface area contributed by atoms with Gasteiger partial charge < -0.3 is 20.1 Å². The molecule has 1 atom stereocenters. The minimum Gasteiger partial charge on any atom is -0.461 e. The first-order valence-electron chi connectivity index (χ1n) is 9.82. The maximum atomic E-state index is 5.82. The summed E-state index contributed by atoms with van der Waals surface area (Å²) < 4.78 is 11.4. The second-order valence-electron chi connectivity index (χ2n) is 7.19. The molecule has 4 rings (SSSR count). The highest BCUT2D eigenvalue weighted by Crippen LogP contribution is 2.21. The van der Waals surface area contributed by atoms with Gasteiger partial charge in [0.1, 0.15) is 6.61 Å². The third-order valence-corrected chi connectivity index (χ3v) is 4.65. The summed E-state index contributed by atoms with van der Waals surface area (Å²) in [5.74, 6) is 0.835. The molecule has 29 heavy (non-hydrogen) atoms. The molecule has 7 heteroatoms. The third kappa shape index (κ3) is 5.42. The van der Waals surface area contributed by atoms with Gasteiger partial charge in [0.2, 0.25) is 11.9 Å². The van der Waals surface area contributed by atoms with Crippen molar-refractivity contribution in [3.8, 4) is 6.01 Å². The first-order chi connectivity index (χ1) is 14.1. The zero-order valence-corrected chi connectivity index (χ0v) is 16.7. The number of hydrogen-bond acceptors (Lipinski definition) is 7. The number of nitrogens with zero attached hydrogens (tertiary/aromatic N) is 3. The lowest BCUT2D eigenvalue weighted by Gasteiger charge is -2.13. The Labute approximate surface area is 170 Å². The number of aryl methyl sites for hydroxylation is 2. The monoisotopic (exact) mass is 391 g/mol. The van der Waals surface area contributed by atoms with Crippen LogP contribution in [0.15, 0.2) is 48.5 Å². The molecular weight excluding hydrogens is 366 g/mol. The van der Waals surface area contributed by atoms with Crippen LogP contribution in [0.2, 0.25) is 0 Å². The van der Waals surface area contributed by atoms with Crippen molar-refractivity contribution in [3.63, 3.8) is 0 Å². The van der Waals surface area contributed by atoms with Gasteiger partial charge in [0, 0.05) is 18.0 Å². The molecule has 1 fully saturated rings. The van der Waals surface area contributed by atoms with E-state index in [0.717, 1.165) is 30.8 Å². The van der Waals surface area contributed by atoms with Crippen LogP contribution in [0.3, 0.4) is 0 Å². The molecule has 1 aliphatic rings. The lowest BCUT2D eigenvalue weighted by molar-refractivity contribution is 0.0645. The number of nitrogens with one attached hydrogen (secondary N) is 2. The van der Waals surface area contributed by atoms with Gasteiger partial charge in [-0.2, -0.15) is 15.0 Å². The average Bonchev–Trinajstić information content (AvgIpc) is 3.24. The van der Waals surface area contributed by atoms with Gasteiger partial charge in [0.05, 0.1) is 6.10 Å². The van der Waals surface area contributed by atoms with E-state index in [4.69, 9.17) is 9.47 Å². The largest absolute Gasteiger partial charge is 0.461 e. The first-order valence-corrected chi connectivity index (χ1v) is 9.82. The zero-order chi connectivity index (χ0) is 20.1. The molecular formula is C22H25N5O2. The van der Waals surface area contributed by atoms with E-state index < -0.39 is 0 Å². The highest BCUT2D eigenvalue weighted by molar-refractivity contribution is 5.58. The van der Waals surface area contributed by atoms with Crippen LogP contribution in [0.1, 0.15) is 24.0 Å². The number of ether oxygens (including phenoxy) is 2. The van der Waals surface area contributed by atoms with E-state index in [1.54, 1.807) is 0 Å². The van der Waals surface area contributed by atoms with Gasteiger partial charge in [0.25, 0.3) is 0 Å². The molecule has 0 saturated carbocycles. The molecule has 0 unspecified atom stereocenters. The summed E-state index contributed by atoms with van der Waals surface area (Å²) in [6, 6.07) is 16.3. The van der Waals surface area contributed by atoms with Crippen molar-refractivity contribution >= 4 is 23.3 Å². The van der Waals surface area contributed by atoms with Gasteiger partial charge in [-0.1, -0.05) is 35.4 Å². The van der Waals surface area contributed by atoms with Gasteiger partial charge in [-0.3, -0.25) is 0 Å². The topological polar surface area (TPSA) is 81.2 Å². The Morgan fingerprint density at radius 2 is 1.41 bits per heavy atom. The van der Waals surface area contributed by atoms with Crippen molar-refractivity contribution in [2.24, 2.45) is 0 Å². The van der Waals surface area contributed by atoms with Crippen molar-refractivity contribution in [3.05, 3.63) is 59.7 Å². The number of hydrogen-bond donors (Lipinski definition) is 2. The summed E-state index contributed by atoms with van der Waals surface area (Å²) in [4.78, 5) is 13.3. The molecule has 2 aromatic carbocycles. The number of anilines is 4. The van der Waals surface area contributed by atoms with E-state index in [0.29, 0.717) is 18.5 Å². The predicted octanol–water partition coefficient (Wildman–Crippen LogP) is 4.53. The molecule has 2 N–H and O–H groups in total. The summed E-state index contributed by atoms with van der Waals surface area (Å²) in [5.41, 5.74) is 4.17. The predicted molar refractivity (Wildman–Crippen MR) is 113 cm³/mol. The Morgan fingerprint density at radius 1 is 0.862 bits per heavy atom. The molecule has 1 aliphatic heterocycles. The fraction of sp³-hybridized carbons (Fsp3) is 0.318. The van der Waals surface area contributed by atoms with Crippen molar-refractivity contribution in [1.29, 1.82) is 0 Å². The van der Waals surface area contributed by atoms with Gasteiger partial charge in [0.15, 0.2) is 0 Å². The molecule has 2 heterocycles. The highest BCUT2D eigenvalue weighted by Gasteiger charge is 2.17. The third-order valence-electron chi connectivity index (χ3n) is 4.65. The molecule has 1 saturated heterocycles. The van der Waals surface area contributed by atoms with Gasteiger partial charge in [-0.15, -0.1) is 0 Å². The molecule has 0 spiro atoms. The van der Waals surface area contributed by atoms with Crippen LogP contribution < -0.4 is 15.4 Å². The Bertz CT molecular complexity index is 873. The van der Waals surface area contributed by atoms with Crippen molar-refractivity contribution in [2.45, 2.75) is 32.8 Å². The molecule has 0 amide bonds. The average molecular weight is 391 g/mol. The van der Waals surface area contributed by atoms with E-state index in [1.807, 2.05) is 62.4 Å². The zero-order valence-electron chi connectivity index (χ0n) is 16.7. The normalized spacial score (nSPS) is 15.9. The van der Waals surface area contributed by atoms with Gasteiger partial charge in [-0.05, 0) is 51.0 Å². The Balaban J connectivity index is 1.55. The second kappa shape index (κ2) is 8.87. The molecule has 0 bridgehead atoms. The lowest BCUT2D eigenvalue weighted by atomic mass is 10.2. The minimum atomic E-state index is 0.0915. The van der Waals surface area contributed by atoms with E-state index in [-0.39, 0.29) is 12.1 Å². The molecule has 0 radical (unpaired) electrons. The molecule has 150 valence electrons. The highest BCUT2D eigenvalue weighted by atomic mass is 16.5. The number of aromatic nitrogens is 3. The fourth-order valence-electron chi connectivity index (χ4n) is 3.01. The molecule has 1 aromatic heterocycles. The first kappa shape index (κ1) is 19.1. The Morgan fingerprint density at radius 3 is 1.90 bits per heavy atom. The van der Waals surface area contributed by atoms with Gasteiger partial charge in [-0.25, -0.2) is 0 Å². The van der Waals surface area contributed by atoms with Crippen LogP contribution in [0.4, 0.5) is 23.3 Å². The Kier molecular flexibility index (Phi) is 5.86. The van der Waals surface area contributed by atoms with Crippen molar-refractivity contribution in [1.82, 2.24) is 15.0 Å². The van der Waals surface area contributed by atoms with E-state index >= 15 is 0 Å². The maximum absolute atomic E-state index is 5.82. The van der Waals surface area contributed by atoms with E-state index in [1.165, 1.54) is 11.1 Å². The summed E-state index contributed by atoms with van der Waals surface area (Å²) in [6.45, 7) is 5.31. The van der Waals surface area contributed by atoms with Crippen LogP contribution in [0.5, 0.6) is 6.01 Å². The van der Waals surface area contributed by atoms with Crippen LogP contribution in [-0.4, -0.2) is 34.3 Å². The molecule has 3 aromatic rings. The SMILES string of the molecule is Cc1ccc(Nc2nc(Nc3ccc(C)cc3)nc(OC[C@@H]3CCCO3)n2)cc1. The summed E-state index contributed by atoms with van der Waals surface area (Å²) in [7, 11) is 0. The summed E-state index contributed by atoms with van der Waals surface area (Å²) in [5, 5.41) is 6.44. The van der Waals surface area contributed by atoms with E-state index in [2.05, 4.69) is 25.6 Å². The van der Waals surface area contributed by atoms with Crippen LogP contribution in [-0.2, 0) is 4.74 Å². The van der Waals surface area contributed by atoms with Crippen molar-refractivity contribution < 1.29 is 9.47 Å². The summed E-state index contributed by atoms with van der Waals surface area (Å²) >= 11 is 0. The Hall–Kier alpha value is -3.19. The fourth-order valence-corrected chi connectivity index (χ4v) is 3.01. The number of benzene rings is 2. The maximum Gasteiger partial charge on any atom is 0.323 e. The van der Waals surface area contributed by atoms with E-state index in [9.17, 15) is 0 Å².